The number of anilines is 3. The van der Waals surface area contributed by atoms with Gasteiger partial charge in [0.1, 0.15) is 31.1 Å². The summed E-state index contributed by atoms with van der Waals surface area (Å²) in [5.41, 5.74) is 8.17. The number of hydrogen-bond donors (Lipinski definition) is 8. The average Bonchev–Trinajstić information content (AvgIpc) is 3.35. The number of nitrogens with one attached hydrogen (secondary N) is 6. The molecule has 25 nitrogen and oxygen atoms in total. The summed E-state index contributed by atoms with van der Waals surface area (Å²) in [5, 5.41) is 15.8. The quantitative estimate of drug-likeness (QED) is 0.0338. The van der Waals surface area contributed by atoms with Crippen LogP contribution in [0.3, 0.4) is 0 Å². The molecule has 71 heavy (non-hydrogen) atoms. The molecule has 0 radical (unpaired) electrons. The molecule has 390 valence electrons. The lowest BCUT2D eigenvalue weighted by Gasteiger charge is -2.32. The van der Waals surface area contributed by atoms with E-state index >= 15 is 0 Å². The smallest absolute Gasteiger partial charge is 0.410 e. The van der Waals surface area contributed by atoms with E-state index in [9.17, 15) is 28.8 Å². The van der Waals surface area contributed by atoms with E-state index < -0.39 is 48.0 Å². The largest absolute Gasteiger partial charge is 0.489 e. The van der Waals surface area contributed by atoms with Gasteiger partial charge in [-0.15, -0.1) is 0 Å². The van der Waals surface area contributed by atoms with Gasteiger partial charge in [-0.25, -0.2) is 25.3 Å². The summed E-state index contributed by atoms with van der Waals surface area (Å²) >= 11 is 3.50. The number of urea groups is 2. The van der Waals surface area contributed by atoms with Gasteiger partial charge in [0.15, 0.2) is 5.82 Å². The van der Waals surface area contributed by atoms with Crippen molar-refractivity contribution in [3.05, 3.63) is 70.1 Å². The second kappa shape index (κ2) is 32.6. The molecule has 0 aliphatic carbocycles. The Hall–Kier alpha value is -6.26. The van der Waals surface area contributed by atoms with Crippen molar-refractivity contribution in [3.63, 3.8) is 0 Å². The molecule has 1 saturated heterocycles. The molecule has 2 heterocycles. The lowest BCUT2D eigenvalue weighted by molar-refractivity contribution is -0.128. The molecule has 8 amide bonds. The number of benzene rings is 2. The number of primary amides is 1. The Labute approximate surface area is 419 Å². The molecule has 26 heteroatoms. The zero-order valence-corrected chi connectivity index (χ0v) is 41.4. The summed E-state index contributed by atoms with van der Waals surface area (Å²) in [6, 6.07) is 7.77. The van der Waals surface area contributed by atoms with E-state index in [1.165, 1.54) is 17.3 Å². The number of rotatable bonds is 31. The molecule has 10 N–H and O–H groups in total. The zero-order valence-electron chi connectivity index (χ0n) is 39.8. The van der Waals surface area contributed by atoms with Crippen LogP contribution in [-0.4, -0.2) is 162 Å². The third-order valence-electron chi connectivity index (χ3n) is 9.94. The van der Waals surface area contributed by atoms with Gasteiger partial charge in [-0.2, -0.15) is 0 Å². The van der Waals surface area contributed by atoms with Gasteiger partial charge >= 0.3 is 18.2 Å². The van der Waals surface area contributed by atoms with E-state index in [4.69, 9.17) is 44.8 Å². The van der Waals surface area contributed by atoms with Gasteiger partial charge in [0.2, 0.25) is 17.7 Å². The number of aryl methyl sites for hydroxylation is 2. The first-order valence-electron chi connectivity index (χ1n) is 22.7. The number of amides is 8. The lowest BCUT2D eigenvalue weighted by Crippen LogP contribution is -2.47. The number of halogens is 1. The van der Waals surface area contributed by atoms with Crippen molar-refractivity contribution >= 4 is 69.0 Å². The van der Waals surface area contributed by atoms with Gasteiger partial charge in [0.05, 0.1) is 103 Å². The van der Waals surface area contributed by atoms with E-state index in [2.05, 4.69) is 62.6 Å². The molecule has 1 aromatic heterocycles. The summed E-state index contributed by atoms with van der Waals surface area (Å²) in [7, 11) is 0. The molecular formula is C45H64BrN11O14. The number of carbonyl (C=O) groups is 6. The predicted octanol–water partition coefficient (Wildman–Crippen LogP) is 2.25. The van der Waals surface area contributed by atoms with Crippen molar-refractivity contribution in [2.24, 2.45) is 11.6 Å². The van der Waals surface area contributed by atoms with E-state index in [1.54, 1.807) is 43.3 Å². The lowest BCUT2D eigenvalue weighted by atomic mass is 10.1. The molecule has 1 fully saturated rings. The van der Waals surface area contributed by atoms with Crippen molar-refractivity contribution in [3.8, 4) is 5.75 Å². The van der Waals surface area contributed by atoms with Crippen LogP contribution in [0.2, 0.25) is 0 Å². The normalized spacial score (nSPS) is 13.6. The monoisotopic (exact) mass is 1060 g/mol. The van der Waals surface area contributed by atoms with Crippen LogP contribution in [0.1, 0.15) is 36.1 Å². The summed E-state index contributed by atoms with van der Waals surface area (Å²) in [6.45, 7) is 7.11. The predicted molar refractivity (Wildman–Crippen MR) is 260 cm³/mol. The van der Waals surface area contributed by atoms with Gasteiger partial charge < -0.3 is 75.2 Å². The van der Waals surface area contributed by atoms with Gasteiger partial charge in [-0.1, -0.05) is 28.1 Å². The first-order valence-corrected chi connectivity index (χ1v) is 23.5. The van der Waals surface area contributed by atoms with Gasteiger partial charge in [0.25, 0.3) is 0 Å². The highest BCUT2D eigenvalue weighted by Crippen LogP contribution is 2.32. The molecule has 0 spiro atoms. The Morgan fingerprint density at radius 1 is 0.845 bits per heavy atom. The van der Waals surface area contributed by atoms with Gasteiger partial charge in [0, 0.05) is 29.7 Å². The fourth-order valence-corrected chi connectivity index (χ4v) is 6.59. The van der Waals surface area contributed by atoms with Crippen LogP contribution < -0.4 is 48.3 Å². The molecule has 2 unspecified atom stereocenters. The standard InChI is InChI=1S/C45H64BrN11O14/c1-30-22-38(37(23-35(30)46)55-44(62)56-39-25-50-31(2)24-51-39)69-29-34-27-57(11-13-68-34)45(63)70-28-32-5-7-33(8-6-32)53-42(60)36(4-3-10-49-43(47)61)54-41(59)26-52-40(58)9-12-64-14-15-65-16-17-66-18-19-67-20-21-71-48/h5-8,22-25,34,36H,3-4,9-21,26-29,48H2,1-2H3,(H,52,58)(H,53,60)(H,54,59)(H3,47,49,61)(H2,51,55,56,62). The van der Waals surface area contributed by atoms with Crippen LogP contribution in [0, 0.1) is 13.8 Å². The summed E-state index contributed by atoms with van der Waals surface area (Å²) in [4.78, 5) is 89.8. The minimum Gasteiger partial charge on any atom is -0.489 e. The minimum absolute atomic E-state index is 0.00273. The molecule has 4 rings (SSSR count). The van der Waals surface area contributed by atoms with Crippen molar-refractivity contribution < 1.29 is 66.8 Å². The molecule has 0 bridgehead atoms. The highest BCUT2D eigenvalue weighted by Gasteiger charge is 2.27. The van der Waals surface area contributed by atoms with Crippen molar-refractivity contribution in [1.29, 1.82) is 0 Å². The van der Waals surface area contributed by atoms with Gasteiger partial charge in [-0.3, -0.25) is 24.7 Å². The van der Waals surface area contributed by atoms with Crippen LogP contribution in [0.5, 0.6) is 5.75 Å². The van der Waals surface area contributed by atoms with E-state index in [0.29, 0.717) is 87.6 Å². The van der Waals surface area contributed by atoms with Gasteiger partial charge in [-0.05, 0) is 62.1 Å². The topological polar surface area (TPSA) is 330 Å². The summed E-state index contributed by atoms with van der Waals surface area (Å²) in [6.07, 6.45) is 2.37. The van der Waals surface area contributed by atoms with Crippen molar-refractivity contribution in [2.75, 3.05) is 115 Å². The number of hydrogen-bond acceptors (Lipinski definition) is 17. The molecule has 0 saturated carbocycles. The summed E-state index contributed by atoms with van der Waals surface area (Å²) in [5.74, 6) is 4.00. The number of nitrogens with two attached hydrogens (primary N) is 2. The SMILES string of the molecule is Cc1cnc(NC(=O)Nc2cc(Br)c(C)cc2OCC2CN(C(=O)OCc3ccc(NC(=O)C(CCCNC(N)=O)NC(=O)CNC(=O)CCOCCOCCOCCOCCON)cc3)CCO2)cn1. The zero-order chi connectivity index (χ0) is 51.2. The Morgan fingerprint density at radius 2 is 1.54 bits per heavy atom. The van der Waals surface area contributed by atoms with E-state index in [0.717, 1.165) is 10.0 Å². The van der Waals surface area contributed by atoms with Crippen molar-refractivity contribution in [1.82, 2.24) is 30.8 Å². The third kappa shape index (κ3) is 23.5. The maximum Gasteiger partial charge on any atom is 0.410 e. The summed E-state index contributed by atoms with van der Waals surface area (Å²) < 4.78 is 39.8. The Kier molecular flexibility index (Phi) is 26.3. The average molecular weight is 1060 g/mol. The first kappa shape index (κ1) is 57.3. The van der Waals surface area contributed by atoms with Crippen molar-refractivity contribution in [2.45, 2.75) is 51.9 Å². The maximum absolute atomic E-state index is 13.4. The van der Waals surface area contributed by atoms with Crippen LogP contribution in [0.25, 0.3) is 0 Å². The second-order valence-corrected chi connectivity index (χ2v) is 16.5. The molecule has 1 aliphatic rings. The van der Waals surface area contributed by atoms with Crippen LogP contribution >= 0.6 is 15.9 Å². The second-order valence-electron chi connectivity index (χ2n) is 15.6. The maximum atomic E-state index is 13.4. The van der Waals surface area contributed by atoms with Crippen LogP contribution in [-0.2, 0) is 54.2 Å². The number of ether oxygens (including phenoxy) is 7. The number of aromatic nitrogens is 2. The van der Waals surface area contributed by atoms with Crippen LogP contribution in [0.4, 0.5) is 31.6 Å². The highest BCUT2D eigenvalue weighted by atomic mass is 79.9. The minimum atomic E-state index is -1.03. The third-order valence-corrected chi connectivity index (χ3v) is 10.8. The first-order chi connectivity index (χ1) is 34.3. The fourth-order valence-electron chi connectivity index (χ4n) is 6.25. The molecule has 2 aromatic carbocycles. The van der Waals surface area contributed by atoms with Crippen LogP contribution in [0.15, 0.2) is 53.3 Å². The Bertz CT molecular complexity index is 2140. The Morgan fingerprint density at radius 3 is 2.20 bits per heavy atom. The number of morpholine rings is 1. The highest BCUT2D eigenvalue weighted by molar-refractivity contribution is 9.10. The molecule has 2 atom stereocenters. The molecule has 1 aliphatic heterocycles. The fraction of sp³-hybridized carbons (Fsp3) is 0.511. The molecule has 3 aromatic rings. The Balaban J connectivity index is 1.16. The molecular weight excluding hydrogens is 998 g/mol. The van der Waals surface area contributed by atoms with E-state index in [-0.39, 0.29) is 71.3 Å². The number of carbonyl (C=O) groups excluding carboxylic acids is 6. The van der Waals surface area contributed by atoms with E-state index in [1.807, 2.05) is 6.92 Å². The number of nitrogens with zero attached hydrogens (tertiary/aromatic N) is 3.